The average Bonchev–Trinajstić information content (AvgIpc) is 2.57. The third-order valence-electron chi connectivity index (χ3n) is 2.45. The van der Waals surface area contributed by atoms with Crippen molar-refractivity contribution in [2.75, 3.05) is 0 Å². The quantitative estimate of drug-likeness (QED) is 0.847. The molecule has 1 heterocycles. The van der Waals surface area contributed by atoms with Crippen molar-refractivity contribution in [3.05, 3.63) is 34.7 Å². The highest BCUT2D eigenvalue weighted by Crippen LogP contribution is 2.27. The molecule has 15 heavy (non-hydrogen) atoms. The van der Waals surface area contributed by atoms with Crippen LogP contribution < -0.4 is 5.73 Å². The molecule has 0 unspecified atom stereocenters. The average molecular weight is 219 g/mol. The van der Waals surface area contributed by atoms with Crippen molar-refractivity contribution in [2.45, 2.75) is 19.8 Å². The monoisotopic (exact) mass is 219 g/mol. The Hall–Kier alpha value is -1.35. The number of carbonyl (C=O) groups excluding carboxylic acids is 1. The van der Waals surface area contributed by atoms with Gasteiger partial charge in [-0.3, -0.25) is 4.79 Å². The van der Waals surface area contributed by atoms with Gasteiger partial charge in [0.1, 0.15) is 0 Å². The van der Waals surface area contributed by atoms with E-state index in [4.69, 9.17) is 5.73 Å². The molecular weight excluding hydrogens is 206 g/mol. The smallest absolute Gasteiger partial charge is 0.217 e. The van der Waals surface area contributed by atoms with Crippen molar-refractivity contribution in [3.8, 4) is 0 Å². The molecule has 3 heteroatoms. The number of hydrogen-bond donors (Lipinski definition) is 1. The first kappa shape index (κ1) is 10.2. The molecular formula is C12H13NOS. The van der Waals surface area contributed by atoms with E-state index in [2.05, 4.69) is 30.5 Å². The van der Waals surface area contributed by atoms with Crippen LogP contribution in [0.3, 0.4) is 0 Å². The second kappa shape index (κ2) is 4.03. The molecule has 2 N–H and O–H groups in total. The van der Waals surface area contributed by atoms with E-state index >= 15 is 0 Å². The Labute approximate surface area is 92.7 Å². The van der Waals surface area contributed by atoms with Gasteiger partial charge < -0.3 is 5.73 Å². The van der Waals surface area contributed by atoms with Gasteiger partial charge in [-0.25, -0.2) is 0 Å². The first-order valence-electron chi connectivity index (χ1n) is 4.92. The van der Waals surface area contributed by atoms with Gasteiger partial charge in [-0.05, 0) is 41.3 Å². The number of carbonyl (C=O) groups is 1. The van der Waals surface area contributed by atoms with Crippen LogP contribution in [0.4, 0.5) is 0 Å². The van der Waals surface area contributed by atoms with Gasteiger partial charge >= 0.3 is 0 Å². The van der Waals surface area contributed by atoms with Gasteiger partial charge in [0.25, 0.3) is 0 Å². The molecule has 0 aliphatic heterocycles. The van der Waals surface area contributed by atoms with Gasteiger partial charge in [0.15, 0.2) is 0 Å². The van der Waals surface area contributed by atoms with Gasteiger partial charge in [-0.2, -0.15) is 0 Å². The molecule has 78 valence electrons. The molecule has 1 aromatic heterocycles. The molecule has 0 atom stereocenters. The van der Waals surface area contributed by atoms with E-state index < -0.39 is 0 Å². The summed E-state index contributed by atoms with van der Waals surface area (Å²) in [5.41, 5.74) is 7.64. The van der Waals surface area contributed by atoms with Crippen LogP contribution in [-0.4, -0.2) is 5.91 Å². The number of thiophene rings is 1. The Morgan fingerprint density at radius 3 is 3.00 bits per heavy atom. The maximum absolute atomic E-state index is 10.7. The predicted octanol–water partition coefficient (Wildman–Crippen LogP) is 2.63. The van der Waals surface area contributed by atoms with E-state index in [1.165, 1.54) is 21.2 Å². The fraction of sp³-hybridized carbons (Fsp3) is 0.250. The van der Waals surface area contributed by atoms with Crippen molar-refractivity contribution in [1.29, 1.82) is 0 Å². The summed E-state index contributed by atoms with van der Waals surface area (Å²) in [7, 11) is 0. The van der Waals surface area contributed by atoms with E-state index in [0.717, 1.165) is 6.42 Å². The normalized spacial score (nSPS) is 10.7. The Balaban J connectivity index is 2.32. The summed E-state index contributed by atoms with van der Waals surface area (Å²) < 4.78 is 1.29. The van der Waals surface area contributed by atoms with Crippen LogP contribution in [0.15, 0.2) is 23.6 Å². The lowest BCUT2D eigenvalue weighted by Crippen LogP contribution is -2.10. The van der Waals surface area contributed by atoms with Crippen molar-refractivity contribution in [2.24, 2.45) is 5.73 Å². The summed E-state index contributed by atoms with van der Waals surface area (Å²) in [5.74, 6) is -0.235. The van der Waals surface area contributed by atoms with Gasteiger partial charge in [-0.15, -0.1) is 11.3 Å². The summed E-state index contributed by atoms with van der Waals surface area (Å²) in [6, 6.07) is 6.40. The largest absolute Gasteiger partial charge is 0.370 e. The number of amides is 1. The van der Waals surface area contributed by atoms with E-state index in [-0.39, 0.29) is 5.91 Å². The molecule has 1 amide bonds. The number of benzene rings is 1. The fourth-order valence-electron chi connectivity index (χ4n) is 1.64. The lowest BCUT2D eigenvalue weighted by Gasteiger charge is -1.97. The van der Waals surface area contributed by atoms with Gasteiger partial charge in [0.05, 0.1) is 0 Å². The molecule has 0 spiro atoms. The van der Waals surface area contributed by atoms with E-state index in [0.29, 0.717) is 6.42 Å². The zero-order valence-electron chi connectivity index (χ0n) is 8.62. The molecule has 2 rings (SSSR count). The Morgan fingerprint density at radius 1 is 1.47 bits per heavy atom. The minimum atomic E-state index is -0.235. The highest BCUT2D eigenvalue weighted by Gasteiger charge is 2.05. The SMILES string of the molecule is Cc1ccc2c(CCC(N)=O)csc2c1. The van der Waals surface area contributed by atoms with Crippen LogP contribution in [0.25, 0.3) is 10.1 Å². The van der Waals surface area contributed by atoms with Gasteiger partial charge in [-0.1, -0.05) is 12.1 Å². The van der Waals surface area contributed by atoms with E-state index in [9.17, 15) is 4.79 Å². The summed E-state index contributed by atoms with van der Waals surface area (Å²) in [6.45, 7) is 2.09. The van der Waals surface area contributed by atoms with Crippen LogP contribution in [0.1, 0.15) is 17.5 Å². The summed E-state index contributed by atoms with van der Waals surface area (Å²) in [6.07, 6.45) is 1.18. The van der Waals surface area contributed by atoms with Crippen molar-refractivity contribution in [3.63, 3.8) is 0 Å². The molecule has 0 fully saturated rings. The zero-order valence-corrected chi connectivity index (χ0v) is 9.43. The predicted molar refractivity (Wildman–Crippen MR) is 64.1 cm³/mol. The topological polar surface area (TPSA) is 43.1 Å². The van der Waals surface area contributed by atoms with Gasteiger partial charge in [0.2, 0.25) is 5.91 Å². The lowest BCUT2D eigenvalue weighted by molar-refractivity contribution is -0.117. The second-order valence-electron chi connectivity index (χ2n) is 3.73. The number of hydrogen-bond acceptors (Lipinski definition) is 2. The molecule has 0 saturated carbocycles. The van der Waals surface area contributed by atoms with Gasteiger partial charge in [0, 0.05) is 11.1 Å². The summed E-state index contributed by atoms with van der Waals surface area (Å²) in [5, 5.41) is 3.37. The molecule has 0 bridgehead atoms. The van der Waals surface area contributed by atoms with Crippen LogP contribution in [0.2, 0.25) is 0 Å². The minimum Gasteiger partial charge on any atom is -0.370 e. The maximum Gasteiger partial charge on any atom is 0.217 e. The number of aryl methyl sites for hydroxylation is 2. The number of rotatable bonds is 3. The third kappa shape index (κ3) is 2.18. The lowest BCUT2D eigenvalue weighted by atomic mass is 10.1. The van der Waals surface area contributed by atoms with Crippen LogP contribution >= 0.6 is 11.3 Å². The fourth-order valence-corrected chi connectivity index (χ4v) is 2.74. The Bertz CT molecular complexity index is 501. The van der Waals surface area contributed by atoms with Crippen molar-refractivity contribution >= 4 is 27.3 Å². The first-order valence-corrected chi connectivity index (χ1v) is 5.80. The highest BCUT2D eigenvalue weighted by molar-refractivity contribution is 7.17. The zero-order chi connectivity index (χ0) is 10.8. The van der Waals surface area contributed by atoms with Crippen LogP contribution in [0, 0.1) is 6.92 Å². The van der Waals surface area contributed by atoms with Crippen molar-refractivity contribution < 1.29 is 4.79 Å². The van der Waals surface area contributed by atoms with Crippen LogP contribution in [0.5, 0.6) is 0 Å². The van der Waals surface area contributed by atoms with Crippen LogP contribution in [-0.2, 0) is 11.2 Å². The van der Waals surface area contributed by atoms with Crippen molar-refractivity contribution in [1.82, 2.24) is 0 Å². The standard InChI is InChI=1S/C12H13NOS/c1-8-2-4-10-9(3-5-12(13)14)7-15-11(10)6-8/h2,4,6-7H,3,5H2,1H3,(H2,13,14). The number of nitrogens with two attached hydrogens (primary N) is 1. The maximum atomic E-state index is 10.7. The number of fused-ring (bicyclic) bond motifs is 1. The highest BCUT2D eigenvalue weighted by atomic mass is 32.1. The summed E-state index contributed by atoms with van der Waals surface area (Å²) >= 11 is 1.73. The Morgan fingerprint density at radius 2 is 2.27 bits per heavy atom. The molecule has 0 aliphatic rings. The minimum absolute atomic E-state index is 0.235. The molecule has 0 saturated heterocycles. The second-order valence-corrected chi connectivity index (χ2v) is 4.64. The van der Waals surface area contributed by atoms with E-state index in [1.54, 1.807) is 11.3 Å². The Kier molecular flexibility index (Phi) is 2.73. The van der Waals surface area contributed by atoms with E-state index in [1.807, 2.05) is 0 Å². The molecule has 0 aliphatic carbocycles. The molecule has 2 aromatic rings. The third-order valence-corrected chi connectivity index (χ3v) is 3.45. The molecule has 2 nitrogen and oxygen atoms in total. The summed E-state index contributed by atoms with van der Waals surface area (Å²) in [4.78, 5) is 10.7. The first-order chi connectivity index (χ1) is 7.16. The molecule has 1 aromatic carbocycles. The number of primary amides is 1. The molecule has 0 radical (unpaired) electrons.